The number of aromatic nitrogens is 2. The van der Waals surface area contributed by atoms with Crippen LogP contribution in [0.3, 0.4) is 0 Å². The second-order valence-corrected chi connectivity index (χ2v) is 8.15. The number of methoxy groups -OCH3 is 2. The lowest BCUT2D eigenvalue weighted by atomic mass is 10.1. The number of ketones is 1. The lowest BCUT2D eigenvalue weighted by molar-refractivity contribution is -0.0498. The van der Waals surface area contributed by atoms with Gasteiger partial charge in [0.05, 0.1) is 42.1 Å². The summed E-state index contributed by atoms with van der Waals surface area (Å²) in [6, 6.07) is 17.4. The van der Waals surface area contributed by atoms with Crippen molar-refractivity contribution in [3.63, 3.8) is 0 Å². The molecule has 1 aromatic heterocycles. The smallest absolute Gasteiger partial charge is 0.387 e. The summed E-state index contributed by atoms with van der Waals surface area (Å²) >= 11 is 1.08. The van der Waals surface area contributed by atoms with Crippen LogP contribution in [0.25, 0.3) is 16.6 Å². The largest absolute Gasteiger partial charge is 0.497 e. The minimum atomic E-state index is -2.96. The number of Topliss-reactive ketones (excluding diaryl/α,β-unsaturated/α-hetero) is 1. The first kappa shape index (κ1) is 24.2. The summed E-state index contributed by atoms with van der Waals surface area (Å²) in [4.78, 5) is 31.0. The number of carbonyl (C=O) groups excluding carboxylic acids is 1. The Kier molecular flexibility index (Phi) is 7.31. The molecular formula is C25H20F2N2O5S. The molecule has 0 amide bonds. The summed E-state index contributed by atoms with van der Waals surface area (Å²) in [5.41, 5.74) is 0.846. The second kappa shape index (κ2) is 10.6. The number of alkyl halides is 2. The van der Waals surface area contributed by atoms with Crippen molar-refractivity contribution in [1.29, 1.82) is 0 Å². The van der Waals surface area contributed by atoms with Gasteiger partial charge in [-0.25, -0.2) is 4.98 Å². The van der Waals surface area contributed by atoms with Gasteiger partial charge in [-0.15, -0.1) is 0 Å². The molecule has 0 aliphatic rings. The maximum atomic E-state index is 13.3. The molecule has 0 saturated heterocycles. The van der Waals surface area contributed by atoms with Gasteiger partial charge in [0.25, 0.3) is 5.56 Å². The van der Waals surface area contributed by atoms with Crippen LogP contribution in [0.1, 0.15) is 10.4 Å². The Bertz CT molecular complexity index is 1420. The molecule has 3 aromatic carbocycles. The predicted octanol–water partition coefficient (Wildman–Crippen LogP) is 4.98. The van der Waals surface area contributed by atoms with Gasteiger partial charge in [-0.3, -0.25) is 14.2 Å². The number of hydrogen-bond acceptors (Lipinski definition) is 7. The third kappa shape index (κ3) is 5.27. The van der Waals surface area contributed by atoms with E-state index in [-0.39, 0.29) is 28.0 Å². The SMILES string of the molecule is COc1ccc(OC)c(C(=O)CSc2nc3ccccc3c(=O)n2-c2ccc(OC(F)F)cc2)c1. The third-order valence-electron chi connectivity index (χ3n) is 5.10. The Morgan fingerprint density at radius 1 is 1.00 bits per heavy atom. The third-order valence-corrected chi connectivity index (χ3v) is 6.04. The molecule has 0 N–H and O–H groups in total. The zero-order valence-corrected chi connectivity index (χ0v) is 19.6. The van der Waals surface area contributed by atoms with E-state index in [4.69, 9.17) is 9.47 Å². The number of benzene rings is 3. The van der Waals surface area contributed by atoms with Gasteiger partial charge >= 0.3 is 6.61 Å². The Morgan fingerprint density at radius 3 is 2.40 bits per heavy atom. The molecule has 10 heteroatoms. The minimum Gasteiger partial charge on any atom is -0.497 e. The quantitative estimate of drug-likeness (QED) is 0.183. The Balaban J connectivity index is 1.72. The molecule has 35 heavy (non-hydrogen) atoms. The highest BCUT2D eigenvalue weighted by Crippen LogP contribution is 2.28. The number of rotatable bonds is 9. The summed E-state index contributed by atoms with van der Waals surface area (Å²) in [5.74, 6) is 0.572. The van der Waals surface area contributed by atoms with E-state index >= 15 is 0 Å². The van der Waals surface area contributed by atoms with Crippen molar-refractivity contribution < 1.29 is 27.8 Å². The van der Waals surface area contributed by atoms with Crippen LogP contribution in [0.15, 0.2) is 76.7 Å². The topological polar surface area (TPSA) is 79.7 Å². The average molecular weight is 499 g/mol. The molecule has 4 rings (SSSR count). The lowest BCUT2D eigenvalue weighted by Gasteiger charge is -2.14. The molecule has 0 atom stereocenters. The number of fused-ring (bicyclic) bond motifs is 1. The fourth-order valence-electron chi connectivity index (χ4n) is 3.45. The molecule has 0 bridgehead atoms. The fourth-order valence-corrected chi connectivity index (χ4v) is 4.35. The van der Waals surface area contributed by atoms with Crippen molar-refractivity contribution in [2.24, 2.45) is 0 Å². The molecule has 0 saturated carbocycles. The summed E-state index contributed by atoms with van der Waals surface area (Å²) in [6.45, 7) is -2.96. The van der Waals surface area contributed by atoms with Gasteiger partial charge in [0.2, 0.25) is 0 Å². The van der Waals surface area contributed by atoms with E-state index in [1.54, 1.807) is 42.5 Å². The molecule has 4 aromatic rings. The van der Waals surface area contributed by atoms with E-state index in [2.05, 4.69) is 9.72 Å². The van der Waals surface area contributed by atoms with Gasteiger partial charge in [-0.1, -0.05) is 23.9 Å². The van der Waals surface area contributed by atoms with Crippen LogP contribution < -0.4 is 19.8 Å². The zero-order valence-electron chi connectivity index (χ0n) is 18.7. The second-order valence-electron chi connectivity index (χ2n) is 7.20. The van der Waals surface area contributed by atoms with E-state index in [0.29, 0.717) is 33.7 Å². The van der Waals surface area contributed by atoms with Crippen LogP contribution in [0.4, 0.5) is 8.78 Å². The van der Waals surface area contributed by atoms with Crippen molar-refractivity contribution in [2.45, 2.75) is 11.8 Å². The molecular weight excluding hydrogens is 478 g/mol. The molecule has 7 nitrogen and oxygen atoms in total. The molecule has 0 radical (unpaired) electrons. The van der Waals surface area contributed by atoms with E-state index < -0.39 is 6.61 Å². The fraction of sp³-hybridized carbons (Fsp3) is 0.160. The van der Waals surface area contributed by atoms with Gasteiger partial charge in [-0.2, -0.15) is 8.78 Å². The van der Waals surface area contributed by atoms with Crippen molar-refractivity contribution >= 4 is 28.4 Å². The normalized spacial score (nSPS) is 11.0. The van der Waals surface area contributed by atoms with Crippen LogP contribution in [-0.2, 0) is 0 Å². The van der Waals surface area contributed by atoms with Crippen LogP contribution in [0.5, 0.6) is 17.2 Å². The van der Waals surface area contributed by atoms with Gasteiger partial charge in [0.1, 0.15) is 17.2 Å². The number of thioether (sulfide) groups is 1. The number of para-hydroxylation sites is 1. The molecule has 0 unspecified atom stereocenters. The number of hydrogen-bond donors (Lipinski definition) is 0. The summed E-state index contributed by atoms with van der Waals surface area (Å²) < 4.78 is 41.3. The van der Waals surface area contributed by atoms with E-state index in [9.17, 15) is 18.4 Å². The Labute approximate surface area is 203 Å². The van der Waals surface area contributed by atoms with Crippen LogP contribution >= 0.6 is 11.8 Å². The number of nitrogens with zero attached hydrogens (tertiary/aromatic N) is 2. The van der Waals surface area contributed by atoms with Gasteiger partial charge in [-0.05, 0) is 54.6 Å². The maximum absolute atomic E-state index is 13.3. The van der Waals surface area contributed by atoms with Crippen LogP contribution in [-0.4, -0.2) is 41.9 Å². The molecule has 0 spiro atoms. The highest BCUT2D eigenvalue weighted by Gasteiger charge is 2.18. The summed E-state index contributed by atoms with van der Waals surface area (Å²) in [6.07, 6.45) is 0. The van der Waals surface area contributed by atoms with Crippen molar-refractivity contribution in [2.75, 3.05) is 20.0 Å². The van der Waals surface area contributed by atoms with E-state index in [1.807, 2.05) is 0 Å². The monoisotopic (exact) mass is 498 g/mol. The summed E-state index contributed by atoms with van der Waals surface area (Å²) in [7, 11) is 2.97. The molecule has 0 fully saturated rings. The Morgan fingerprint density at radius 2 is 1.71 bits per heavy atom. The average Bonchev–Trinajstić information content (AvgIpc) is 2.87. The standard InChI is InChI=1S/C25H20F2N2O5S/c1-32-17-11-12-22(33-2)19(13-17)21(30)14-35-25-28-20-6-4-3-5-18(20)23(31)29(25)15-7-9-16(10-8-15)34-24(26)27/h3-13,24H,14H2,1-2H3. The van der Waals surface area contributed by atoms with Crippen molar-refractivity contribution in [1.82, 2.24) is 9.55 Å². The number of carbonyl (C=O) groups is 1. The van der Waals surface area contributed by atoms with Crippen molar-refractivity contribution in [3.8, 4) is 22.9 Å². The number of ether oxygens (including phenoxy) is 3. The first-order valence-corrected chi connectivity index (χ1v) is 11.3. The Hall–Kier alpha value is -3.92. The summed E-state index contributed by atoms with van der Waals surface area (Å²) in [5, 5.41) is 0.650. The molecule has 180 valence electrons. The predicted molar refractivity (Wildman–Crippen MR) is 129 cm³/mol. The van der Waals surface area contributed by atoms with E-state index in [0.717, 1.165) is 11.8 Å². The van der Waals surface area contributed by atoms with Crippen molar-refractivity contribution in [3.05, 3.63) is 82.6 Å². The highest BCUT2D eigenvalue weighted by molar-refractivity contribution is 7.99. The highest BCUT2D eigenvalue weighted by atomic mass is 32.2. The lowest BCUT2D eigenvalue weighted by Crippen LogP contribution is -2.22. The maximum Gasteiger partial charge on any atom is 0.387 e. The zero-order chi connectivity index (χ0) is 24.9. The molecule has 0 aliphatic heterocycles. The van der Waals surface area contributed by atoms with Crippen LogP contribution in [0, 0.1) is 0 Å². The minimum absolute atomic E-state index is 0.0408. The van der Waals surface area contributed by atoms with Crippen LogP contribution in [0.2, 0.25) is 0 Å². The van der Waals surface area contributed by atoms with E-state index in [1.165, 1.54) is 43.1 Å². The molecule has 1 heterocycles. The number of halogens is 2. The van der Waals surface area contributed by atoms with Gasteiger partial charge < -0.3 is 14.2 Å². The first-order chi connectivity index (χ1) is 16.9. The van der Waals surface area contributed by atoms with Gasteiger partial charge in [0, 0.05) is 0 Å². The molecule has 0 aliphatic carbocycles. The van der Waals surface area contributed by atoms with Gasteiger partial charge in [0.15, 0.2) is 10.9 Å². The first-order valence-electron chi connectivity index (χ1n) is 10.4.